The van der Waals surface area contributed by atoms with E-state index in [0.29, 0.717) is 10.3 Å². The van der Waals surface area contributed by atoms with Crippen LogP contribution in [0.25, 0.3) is 0 Å². The van der Waals surface area contributed by atoms with Crippen molar-refractivity contribution in [2.75, 3.05) is 11.5 Å². The van der Waals surface area contributed by atoms with Gasteiger partial charge in [0.1, 0.15) is 5.75 Å². The monoisotopic (exact) mass is 508 g/mol. The molecule has 0 aliphatic rings. The van der Waals surface area contributed by atoms with Crippen molar-refractivity contribution in [1.29, 1.82) is 0 Å². The molecule has 0 aliphatic carbocycles. The molecular weight excluding hydrogens is 452 g/mol. The van der Waals surface area contributed by atoms with E-state index in [0.717, 1.165) is 11.1 Å². The Morgan fingerprint density at radius 1 is 0.618 bits per heavy atom. The van der Waals surface area contributed by atoms with Crippen LogP contribution in [0.15, 0.2) is 12.1 Å². The fourth-order valence-electron chi connectivity index (χ4n) is 4.32. The van der Waals surface area contributed by atoms with Gasteiger partial charge in [-0.2, -0.15) is 0 Å². The van der Waals surface area contributed by atoms with Crippen molar-refractivity contribution in [2.24, 2.45) is 0 Å². The summed E-state index contributed by atoms with van der Waals surface area (Å²) in [6.45, 7) is 17.9. The summed E-state index contributed by atoms with van der Waals surface area (Å²) in [4.78, 5) is 0. The Bertz CT molecular complexity index is 616. The molecule has 0 bridgehead atoms. The first-order valence-electron chi connectivity index (χ1n) is 14.1. The molecular formula is C31H56OS2. The Hall–Kier alpha value is -0.280. The van der Waals surface area contributed by atoms with Gasteiger partial charge in [-0.3, -0.25) is 0 Å². The molecule has 1 nitrogen and oxygen atoms in total. The number of unbranched alkanes of at least 4 members (excludes halogenated alkanes) is 10. The number of phenols is 1. The predicted octanol–water partition coefficient (Wildman–Crippen LogP) is 11.2. The normalized spacial score (nSPS) is 12.6. The van der Waals surface area contributed by atoms with Crippen molar-refractivity contribution in [2.45, 2.75) is 148 Å². The molecule has 1 aromatic carbocycles. The van der Waals surface area contributed by atoms with E-state index >= 15 is 0 Å². The molecule has 0 amide bonds. The van der Waals surface area contributed by atoms with Gasteiger partial charge in [0.2, 0.25) is 0 Å². The molecule has 0 aliphatic heterocycles. The summed E-state index contributed by atoms with van der Waals surface area (Å²) in [6, 6.07) is 4.63. The van der Waals surface area contributed by atoms with Crippen molar-refractivity contribution in [3.63, 3.8) is 0 Å². The third kappa shape index (κ3) is 12.1. The SMILES string of the molecule is CCCCCCCCSC(SCCCCCCCC)c1cc(C(C)(C)C)c(O)c(C(C)(C)C)c1. The third-order valence-corrected chi connectivity index (χ3v) is 9.57. The van der Waals surface area contributed by atoms with E-state index in [9.17, 15) is 5.11 Å². The van der Waals surface area contributed by atoms with E-state index in [1.807, 2.05) is 0 Å². The highest BCUT2D eigenvalue weighted by Gasteiger charge is 2.28. The van der Waals surface area contributed by atoms with Gasteiger partial charge in [0.05, 0.1) is 4.58 Å². The van der Waals surface area contributed by atoms with E-state index in [1.54, 1.807) is 0 Å². The molecule has 0 atom stereocenters. The van der Waals surface area contributed by atoms with Gasteiger partial charge in [0.15, 0.2) is 0 Å². The summed E-state index contributed by atoms with van der Waals surface area (Å²) < 4.78 is 0.453. The lowest BCUT2D eigenvalue weighted by Gasteiger charge is -2.30. The van der Waals surface area contributed by atoms with Crippen LogP contribution in [0.5, 0.6) is 5.75 Å². The van der Waals surface area contributed by atoms with Gasteiger partial charge in [-0.05, 0) is 64.0 Å². The van der Waals surface area contributed by atoms with Crippen molar-refractivity contribution in [3.8, 4) is 5.75 Å². The summed E-state index contributed by atoms with van der Waals surface area (Å²) in [5.41, 5.74) is 3.46. The van der Waals surface area contributed by atoms with Crippen molar-refractivity contribution >= 4 is 23.5 Å². The lowest BCUT2D eigenvalue weighted by Crippen LogP contribution is -2.18. The Morgan fingerprint density at radius 2 is 0.971 bits per heavy atom. The van der Waals surface area contributed by atoms with Crippen molar-refractivity contribution < 1.29 is 5.11 Å². The first kappa shape index (κ1) is 31.7. The Balaban J connectivity index is 2.97. The zero-order valence-corrected chi connectivity index (χ0v) is 25.5. The smallest absolute Gasteiger partial charge is 0.123 e. The van der Waals surface area contributed by atoms with Gasteiger partial charge in [0, 0.05) is 0 Å². The molecule has 0 spiro atoms. The van der Waals surface area contributed by atoms with Gasteiger partial charge >= 0.3 is 0 Å². The minimum absolute atomic E-state index is 0.0709. The van der Waals surface area contributed by atoms with Gasteiger partial charge in [0.25, 0.3) is 0 Å². The fourth-order valence-corrected chi connectivity index (χ4v) is 7.11. The van der Waals surface area contributed by atoms with Gasteiger partial charge < -0.3 is 5.11 Å². The molecule has 0 radical (unpaired) electrons. The second-order valence-corrected chi connectivity index (χ2v) is 14.8. The minimum atomic E-state index is -0.0709. The maximum absolute atomic E-state index is 11.2. The molecule has 0 unspecified atom stereocenters. The number of thioether (sulfide) groups is 2. The fraction of sp³-hybridized carbons (Fsp3) is 0.806. The van der Waals surface area contributed by atoms with Gasteiger partial charge in [-0.25, -0.2) is 0 Å². The molecule has 1 rings (SSSR count). The number of rotatable bonds is 17. The molecule has 198 valence electrons. The quantitative estimate of drug-likeness (QED) is 0.167. The van der Waals surface area contributed by atoms with Gasteiger partial charge in [-0.1, -0.05) is 120 Å². The first-order chi connectivity index (χ1) is 16.0. The number of hydrogen-bond donors (Lipinski definition) is 1. The molecule has 3 heteroatoms. The molecule has 0 heterocycles. The molecule has 0 fully saturated rings. The minimum Gasteiger partial charge on any atom is -0.507 e. The van der Waals surface area contributed by atoms with Crippen molar-refractivity contribution in [1.82, 2.24) is 0 Å². The maximum atomic E-state index is 11.2. The number of hydrogen-bond acceptors (Lipinski definition) is 3. The number of phenolic OH excluding ortho intramolecular Hbond substituents is 1. The second kappa shape index (κ2) is 16.5. The highest BCUT2D eigenvalue weighted by atomic mass is 32.2. The van der Waals surface area contributed by atoms with Crippen LogP contribution in [0.3, 0.4) is 0 Å². The molecule has 0 saturated carbocycles. The molecule has 0 aromatic heterocycles. The summed E-state index contributed by atoms with van der Waals surface area (Å²) in [6.07, 6.45) is 16.3. The van der Waals surface area contributed by atoms with Crippen LogP contribution in [0.4, 0.5) is 0 Å². The van der Waals surface area contributed by atoms with Crippen LogP contribution < -0.4 is 0 Å². The third-order valence-electron chi connectivity index (χ3n) is 6.55. The topological polar surface area (TPSA) is 20.2 Å². The molecule has 1 N–H and O–H groups in total. The largest absolute Gasteiger partial charge is 0.507 e. The summed E-state index contributed by atoms with van der Waals surface area (Å²) in [5.74, 6) is 2.97. The van der Waals surface area contributed by atoms with Crippen LogP contribution in [0.1, 0.15) is 154 Å². The van der Waals surface area contributed by atoms with E-state index in [-0.39, 0.29) is 10.8 Å². The standard InChI is InChI=1S/C31H56OS2/c1-9-11-13-15-17-19-21-33-29(34-22-20-18-16-14-12-10-2)25-23-26(30(3,4)5)28(32)27(24-25)31(6,7)8/h23-24,29,32H,9-22H2,1-8H3. The first-order valence-corrected chi connectivity index (χ1v) is 16.2. The summed E-state index contributed by atoms with van der Waals surface area (Å²) in [7, 11) is 0. The number of benzene rings is 1. The van der Waals surface area contributed by atoms with Crippen LogP contribution in [0.2, 0.25) is 0 Å². The Morgan fingerprint density at radius 3 is 1.32 bits per heavy atom. The Kier molecular flexibility index (Phi) is 15.4. The van der Waals surface area contributed by atoms with E-state index in [1.165, 1.54) is 94.1 Å². The number of aromatic hydroxyl groups is 1. The van der Waals surface area contributed by atoms with Crippen LogP contribution in [-0.2, 0) is 10.8 Å². The van der Waals surface area contributed by atoms with Crippen LogP contribution in [0, 0.1) is 0 Å². The summed E-state index contributed by atoms with van der Waals surface area (Å²) in [5, 5.41) is 11.2. The average molecular weight is 509 g/mol. The molecule has 1 aromatic rings. The highest BCUT2D eigenvalue weighted by Crippen LogP contribution is 2.46. The zero-order chi connectivity index (χ0) is 25.6. The van der Waals surface area contributed by atoms with Crippen LogP contribution in [-0.4, -0.2) is 16.6 Å². The van der Waals surface area contributed by atoms with Crippen LogP contribution >= 0.6 is 23.5 Å². The highest BCUT2D eigenvalue weighted by molar-refractivity contribution is 8.16. The van der Waals surface area contributed by atoms with E-state index in [4.69, 9.17) is 0 Å². The summed E-state index contributed by atoms with van der Waals surface area (Å²) >= 11 is 4.27. The maximum Gasteiger partial charge on any atom is 0.123 e. The average Bonchev–Trinajstić information content (AvgIpc) is 2.75. The lowest BCUT2D eigenvalue weighted by atomic mass is 9.78. The second-order valence-electron chi connectivity index (χ2n) is 12.1. The van der Waals surface area contributed by atoms with E-state index < -0.39 is 0 Å². The Labute approximate surface area is 222 Å². The van der Waals surface area contributed by atoms with E-state index in [2.05, 4.69) is 91.0 Å². The van der Waals surface area contributed by atoms with Crippen molar-refractivity contribution in [3.05, 3.63) is 28.8 Å². The molecule has 34 heavy (non-hydrogen) atoms. The molecule has 0 saturated heterocycles. The lowest BCUT2D eigenvalue weighted by molar-refractivity contribution is 0.423. The predicted molar refractivity (Wildman–Crippen MR) is 160 cm³/mol. The zero-order valence-electron chi connectivity index (χ0n) is 23.9. The van der Waals surface area contributed by atoms with Gasteiger partial charge in [-0.15, -0.1) is 23.5 Å².